The third-order valence-corrected chi connectivity index (χ3v) is 4.33. The van der Waals surface area contributed by atoms with E-state index in [2.05, 4.69) is 27.1 Å². The fourth-order valence-electron chi connectivity index (χ4n) is 2.34. The number of hydrogen-bond acceptors (Lipinski definition) is 2. The molecule has 3 nitrogen and oxygen atoms in total. The summed E-state index contributed by atoms with van der Waals surface area (Å²) in [6.45, 7) is 6.80. The van der Waals surface area contributed by atoms with Crippen LogP contribution in [0.25, 0.3) is 0 Å². The molecular weight excluding hydrogens is 316 g/mol. The minimum Gasteiger partial charge on any atom is -0.299 e. The van der Waals surface area contributed by atoms with Gasteiger partial charge in [0.05, 0.1) is 15.9 Å². The second-order valence-corrected chi connectivity index (χ2v) is 5.84. The van der Waals surface area contributed by atoms with Crippen LogP contribution in [0.15, 0.2) is 28.7 Å². The van der Waals surface area contributed by atoms with Crippen molar-refractivity contribution in [1.82, 2.24) is 9.78 Å². The number of benzene rings is 1. The molecule has 2 rings (SSSR count). The zero-order valence-electron chi connectivity index (χ0n) is 12.1. The Balaban J connectivity index is 2.12. The Morgan fingerprint density at radius 3 is 2.70 bits per heavy atom. The van der Waals surface area contributed by atoms with Gasteiger partial charge in [0, 0.05) is 19.4 Å². The number of halogens is 1. The Hall–Kier alpha value is -1.42. The van der Waals surface area contributed by atoms with Crippen LogP contribution in [0, 0.1) is 13.8 Å². The topological polar surface area (TPSA) is 34.9 Å². The highest BCUT2D eigenvalue weighted by molar-refractivity contribution is 9.10. The molecule has 1 heterocycles. The molecule has 0 radical (unpaired) electrons. The highest BCUT2D eigenvalue weighted by Gasteiger charge is 2.15. The molecule has 0 amide bonds. The predicted molar refractivity (Wildman–Crippen MR) is 83.9 cm³/mol. The third-order valence-electron chi connectivity index (χ3n) is 3.30. The maximum Gasteiger partial charge on any atom is 0.143 e. The predicted octanol–water partition coefficient (Wildman–Crippen LogP) is 3.64. The van der Waals surface area contributed by atoms with Crippen molar-refractivity contribution in [2.24, 2.45) is 0 Å². The van der Waals surface area contributed by atoms with Crippen LogP contribution in [0.4, 0.5) is 0 Å². The molecular formula is C16H19BrN2O. The van der Waals surface area contributed by atoms with E-state index in [1.54, 1.807) is 0 Å². The van der Waals surface area contributed by atoms with E-state index >= 15 is 0 Å². The summed E-state index contributed by atoms with van der Waals surface area (Å²) in [6, 6.07) is 8.10. The van der Waals surface area contributed by atoms with Crippen molar-refractivity contribution < 1.29 is 4.79 Å². The Morgan fingerprint density at radius 2 is 2.05 bits per heavy atom. The standard InChI is InChI=1S/C16H19BrN2O/c1-4-19-15(16(17)12(3)18-19)10-14(20)9-13-7-5-6-11(2)8-13/h5-8H,4,9-10H2,1-3H3. The van der Waals surface area contributed by atoms with Gasteiger partial charge >= 0.3 is 0 Å². The lowest BCUT2D eigenvalue weighted by Gasteiger charge is -2.06. The summed E-state index contributed by atoms with van der Waals surface area (Å²) in [7, 11) is 0. The molecule has 0 aliphatic carbocycles. The molecule has 1 aromatic heterocycles. The molecule has 0 aliphatic heterocycles. The molecule has 0 bridgehead atoms. The Labute approximate surface area is 128 Å². The van der Waals surface area contributed by atoms with Crippen molar-refractivity contribution in [3.63, 3.8) is 0 Å². The van der Waals surface area contributed by atoms with Crippen molar-refractivity contribution >= 4 is 21.7 Å². The number of Topliss-reactive ketones (excluding diaryl/α,β-unsaturated/α-hetero) is 1. The van der Waals surface area contributed by atoms with Crippen LogP contribution in [0.2, 0.25) is 0 Å². The summed E-state index contributed by atoms with van der Waals surface area (Å²) in [5, 5.41) is 4.42. The van der Waals surface area contributed by atoms with Gasteiger partial charge < -0.3 is 0 Å². The van der Waals surface area contributed by atoms with Gasteiger partial charge in [-0.05, 0) is 42.3 Å². The monoisotopic (exact) mass is 334 g/mol. The van der Waals surface area contributed by atoms with E-state index in [1.165, 1.54) is 5.56 Å². The van der Waals surface area contributed by atoms with Gasteiger partial charge in [-0.2, -0.15) is 5.10 Å². The number of nitrogens with zero attached hydrogens (tertiary/aromatic N) is 2. The maximum atomic E-state index is 12.3. The summed E-state index contributed by atoms with van der Waals surface area (Å²) in [5.74, 6) is 0.214. The smallest absolute Gasteiger partial charge is 0.143 e. The molecule has 20 heavy (non-hydrogen) atoms. The summed E-state index contributed by atoms with van der Waals surface area (Å²) < 4.78 is 2.85. The molecule has 0 aliphatic rings. The minimum absolute atomic E-state index is 0.214. The van der Waals surface area contributed by atoms with Crippen LogP contribution < -0.4 is 0 Å². The van der Waals surface area contributed by atoms with Gasteiger partial charge in [0.15, 0.2) is 0 Å². The van der Waals surface area contributed by atoms with Crippen molar-refractivity contribution in [3.8, 4) is 0 Å². The van der Waals surface area contributed by atoms with Crippen molar-refractivity contribution in [2.75, 3.05) is 0 Å². The second kappa shape index (κ2) is 6.35. The van der Waals surface area contributed by atoms with E-state index in [1.807, 2.05) is 43.7 Å². The number of aryl methyl sites for hydroxylation is 3. The van der Waals surface area contributed by atoms with Crippen LogP contribution in [0.5, 0.6) is 0 Å². The number of carbonyl (C=O) groups excluding carboxylic acids is 1. The first-order valence-corrected chi connectivity index (χ1v) is 7.59. The number of aromatic nitrogens is 2. The summed E-state index contributed by atoms with van der Waals surface area (Å²) in [4.78, 5) is 12.3. The Morgan fingerprint density at radius 1 is 1.30 bits per heavy atom. The van der Waals surface area contributed by atoms with E-state index in [0.717, 1.165) is 28.0 Å². The van der Waals surface area contributed by atoms with Crippen LogP contribution in [-0.2, 0) is 24.2 Å². The van der Waals surface area contributed by atoms with Crippen LogP contribution in [0.1, 0.15) is 29.4 Å². The lowest BCUT2D eigenvalue weighted by molar-refractivity contribution is -0.117. The molecule has 0 spiro atoms. The zero-order valence-corrected chi connectivity index (χ0v) is 13.7. The van der Waals surface area contributed by atoms with Gasteiger partial charge in [-0.25, -0.2) is 0 Å². The molecule has 0 saturated heterocycles. The molecule has 4 heteroatoms. The second-order valence-electron chi connectivity index (χ2n) is 5.04. The molecule has 106 valence electrons. The van der Waals surface area contributed by atoms with Crippen LogP contribution >= 0.6 is 15.9 Å². The van der Waals surface area contributed by atoms with E-state index < -0.39 is 0 Å². The average Bonchev–Trinajstić information content (AvgIpc) is 2.66. The SMILES string of the molecule is CCn1nc(C)c(Br)c1CC(=O)Cc1cccc(C)c1. The highest BCUT2D eigenvalue weighted by Crippen LogP contribution is 2.22. The largest absolute Gasteiger partial charge is 0.299 e. The lowest BCUT2D eigenvalue weighted by atomic mass is 10.0. The molecule has 0 atom stereocenters. The number of carbonyl (C=O) groups is 1. The highest BCUT2D eigenvalue weighted by atomic mass is 79.9. The molecule has 0 N–H and O–H groups in total. The van der Waals surface area contributed by atoms with Gasteiger partial charge in [0.2, 0.25) is 0 Å². The van der Waals surface area contributed by atoms with Gasteiger partial charge in [-0.15, -0.1) is 0 Å². The van der Waals surface area contributed by atoms with Crippen molar-refractivity contribution in [2.45, 2.75) is 40.2 Å². The number of ketones is 1. The summed E-state index contributed by atoms with van der Waals surface area (Å²) in [6.07, 6.45) is 0.894. The van der Waals surface area contributed by atoms with E-state index in [4.69, 9.17) is 0 Å². The van der Waals surface area contributed by atoms with E-state index in [0.29, 0.717) is 12.8 Å². The fraction of sp³-hybridized carbons (Fsp3) is 0.375. The zero-order chi connectivity index (χ0) is 14.7. The fourth-order valence-corrected chi connectivity index (χ4v) is 2.76. The average molecular weight is 335 g/mol. The summed E-state index contributed by atoms with van der Waals surface area (Å²) in [5.41, 5.74) is 4.17. The molecule has 0 fully saturated rings. The molecule has 1 aromatic carbocycles. The maximum absolute atomic E-state index is 12.3. The van der Waals surface area contributed by atoms with Crippen molar-refractivity contribution in [1.29, 1.82) is 0 Å². The van der Waals surface area contributed by atoms with Crippen LogP contribution in [-0.4, -0.2) is 15.6 Å². The lowest BCUT2D eigenvalue weighted by Crippen LogP contribution is -2.12. The Kier molecular flexibility index (Phi) is 4.76. The number of rotatable bonds is 5. The van der Waals surface area contributed by atoms with Gasteiger partial charge in [-0.1, -0.05) is 29.8 Å². The van der Waals surface area contributed by atoms with E-state index in [9.17, 15) is 4.79 Å². The first kappa shape index (κ1) is 15.0. The first-order valence-electron chi connectivity index (χ1n) is 6.80. The number of hydrogen-bond donors (Lipinski definition) is 0. The van der Waals surface area contributed by atoms with Gasteiger partial charge in [-0.3, -0.25) is 9.48 Å². The van der Waals surface area contributed by atoms with Crippen molar-refractivity contribution in [3.05, 3.63) is 51.3 Å². The first-order chi connectivity index (χ1) is 9.51. The van der Waals surface area contributed by atoms with Gasteiger partial charge in [0.25, 0.3) is 0 Å². The summed E-state index contributed by atoms with van der Waals surface area (Å²) >= 11 is 3.53. The van der Waals surface area contributed by atoms with E-state index in [-0.39, 0.29) is 5.78 Å². The Bertz CT molecular complexity index is 631. The van der Waals surface area contributed by atoms with Crippen LogP contribution in [0.3, 0.4) is 0 Å². The van der Waals surface area contributed by atoms with Gasteiger partial charge in [0.1, 0.15) is 5.78 Å². The normalized spacial score (nSPS) is 10.8. The molecule has 0 unspecified atom stereocenters. The third kappa shape index (κ3) is 3.37. The quantitative estimate of drug-likeness (QED) is 0.836. The minimum atomic E-state index is 0.214. The molecule has 2 aromatic rings. The molecule has 0 saturated carbocycles.